The van der Waals surface area contributed by atoms with E-state index in [9.17, 15) is 0 Å². The Balaban J connectivity index is 2.17. The third kappa shape index (κ3) is 4.16. The Morgan fingerprint density at radius 2 is 1.08 bits per heavy atom. The van der Waals surface area contributed by atoms with E-state index in [-0.39, 0.29) is 0 Å². The predicted molar refractivity (Wildman–Crippen MR) is 110 cm³/mol. The summed E-state index contributed by atoms with van der Waals surface area (Å²) in [6.45, 7) is 8.60. The van der Waals surface area contributed by atoms with E-state index in [1.807, 2.05) is 30.3 Å². The van der Waals surface area contributed by atoms with E-state index in [0.29, 0.717) is 23.9 Å². The maximum absolute atomic E-state index is 8.66. The first-order chi connectivity index (χ1) is 12.9. The molecule has 0 radical (unpaired) electrons. The molecule has 0 aliphatic heterocycles. The van der Waals surface area contributed by atoms with Gasteiger partial charge in [0.2, 0.25) is 0 Å². The van der Waals surface area contributed by atoms with Crippen LogP contribution in [0.15, 0.2) is 93.5 Å². The van der Waals surface area contributed by atoms with Crippen LogP contribution in [0.2, 0.25) is 0 Å². The van der Waals surface area contributed by atoms with Gasteiger partial charge in [-0.05, 0) is 59.3 Å². The molecule has 0 heterocycles. The molecular weight excluding hydrogens is 320 g/mol. The number of hydrogen-bond acceptors (Lipinski definition) is 0. The van der Waals surface area contributed by atoms with Gasteiger partial charge in [-0.3, -0.25) is 0 Å². The van der Waals surface area contributed by atoms with Crippen LogP contribution in [-0.2, 0) is 10.9 Å². The lowest BCUT2D eigenvalue weighted by Gasteiger charge is -2.11. The summed E-state index contributed by atoms with van der Waals surface area (Å²) in [4.78, 5) is 3.11. The first kappa shape index (κ1) is 15.3. The zero-order chi connectivity index (χ0) is 19.6. The molecule has 0 atom stereocenters. The first-order valence-electron chi connectivity index (χ1n) is 9.89. The largest absolute Gasteiger partial charge is 0.166 e. The quantitative estimate of drug-likeness (QED) is 0.434. The lowest BCUT2D eigenvalue weighted by molar-refractivity contribution is 0.864. The van der Waals surface area contributed by atoms with Crippen LogP contribution in [0.1, 0.15) is 53.4 Å². The second kappa shape index (κ2) is 7.93. The van der Waals surface area contributed by atoms with Crippen molar-refractivity contribution in [2.24, 2.45) is 0 Å². The molecule has 0 nitrogen and oxygen atoms in total. The zero-order valence-corrected chi connectivity index (χ0v) is 16.2. The highest BCUT2D eigenvalue weighted by Crippen LogP contribution is 2.32. The molecular formula is C24H27S+. The van der Waals surface area contributed by atoms with Crippen molar-refractivity contribution >= 4 is 10.9 Å². The Hall–Kier alpha value is -1.99. The third-order valence-electron chi connectivity index (χ3n) is 4.37. The number of rotatable bonds is 5. The van der Waals surface area contributed by atoms with Crippen LogP contribution in [0.3, 0.4) is 0 Å². The molecule has 0 saturated carbocycles. The smallest absolute Gasteiger partial charge is 0.0619 e. The van der Waals surface area contributed by atoms with Crippen molar-refractivity contribution in [2.45, 2.75) is 54.2 Å². The van der Waals surface area contributed by atoms with E-state index in [2.05, 4.69) is 64.1 Å². The Morgan fingerprint density at radius 3 is 1.48 bits per heavy atom. The van der Waals surface area contributed by atoms with Crippen molar-refractivity contribution in [1.29, 1.82) is 0 Å². The minimum atomic E-state index is -0.456. The molecule has 0 aliphatic carbocycles. The van der Waals surface area contributed by atoms with Crippen molar-refractivity contribution in [3.8, 4) is 0 Å². The minimum Gasteiger partial charge on any atom is -0.0619 e. The van der Waals surface area contributed by atoms with Crippen LogP contribution in [0, 0.1) is 0 Å². The fraction of sp³-hybridized carbons (Fsp3) is 0.250. The minimum absolute atomic E-state index is 0.402. The van der Waals surface area contributed by atoms with Gasteiger partial charge in [0.15, 0.2) is 14.7 Å². The second-order valence-electron chi connectivity index (χ2n) is 6.90. The predicted octanol–water partition coefficient (Wildman–Crippen LogP) is 7.03. The van der Waals surface area contributed by atoms with E-state index >= 15 is 0 Å². The second-order valence-corrected chi connectivity index (χ2v) is 8.86. The molecule has 0 bridgehead atoms. The van der Waals surface area contributed by atoms with Gasteiger partial charge >= 0.3 is 0 Å². The average molecular weight is 350 g/mol. The molecule has 3 rings (SSSR count). The van der Waals surface area contributed by atoms with E-state index < -0.39 is 10.9 Å². The summed E-state index contributed by atoms with van der Waals surface area (Å²) in [5.74, 6) is 0.803. The lowest BCUT2D eigenvalue weighted by Crippen LogP contribution is -2.05. The molecule has 3 aromatic rings. The van der Waals surface area contributed by atoms with Crippen LogP contribution in [-0.4, -0.2) is 0 Å². The standard InChI is InChI=1S/C24H27S/c1-18(2)20-10-14-23(15-11-20)25(22-8-6-5-7-9-22)24-16-12-21(13-17-24)19(3)4/h5-19H,1-4H3/q+1/i14D,16D. The third-order valence-corrected chi connectivity index (χ3v) is 6.50. The van der Waals surface area contributed by atoms with Crippen molar-refractivity contribution in [2.75, 3.05) is 0 Å². The highest BCUT2D eigenvalue weighted by molar-refractivity contribution is 7.97. The Labute approximate surface area is 158 Å². The maximum atomic E-state index is 8.66. The van der Waals surface area contributed by atoms with Crippen molar-refractivity contribution in [1.82, 2.24) is 0 Å². The summed E-state index contributed by atoms with van der Waals surface area (Å²) in [6.07, 6.45) is 0. The Kier molecular flexibility index (Phi) is 4.84. The summed E-state index contributed by atoms with van der Waals surface area (Å²) >= 11 is 0. The maximum Gasteiger partial charge on any atom is 0.166 e. The van der Waals surface area contributed by atoms with Gasteiger partial charge in [-0.1, -0.05) is 70.2 Å². The highest BCUT2D eigenvalue weighted by Gasteiger charge is 2.28. The van der Waals surface area contributed by atoms with Crippen LogP contribution < -0.4 is 0 Å². The monoisotopic (exact) mass is 349 g/mol. The number of benzene rings is 3. The van der Waals surface area contributed by atoms with Crippen LogP contribution in [0.5, 0.6) is 0 Å². The van der Waals surface area contributed by atoms with Gasteiger partial charge < -0.3 is 0 Å². The molecule has 0 unspecified atom stereocenters. The topological polar surface area (TPSA) is 0 Å². The van der Waals surface area contributed by atoms with Gasteiger partial charge in [-0.25, -0.2) is 0 Å². The summed E-state index contributed by atoms with van der Waals surface area (Å²) < 4.78 is 17.3. The summed E-state index contributed by atoms with van der Waals surface area (Å²) in [6, 6.07) is 23.8. The fourth-order valence-electron chi connectivity index (χ4n) is 2.75. The molecule has 3 aromatic carbocycles. The average Bonchev–Trinajstić information content (AvgIpc) is 2.65. The Bertz CT molecular complexity index is 859. The molecule has 0 saturated heterocycles. The van der Waals surface area contributed by atoms with Gasteiger partial charge in [-0.2, -0.15) is 0 Å². The normalized spacial score (nSPS) is 12.6. The molecule has 25 heavy (non-hydrogen) atoms. The zero-order valence-electron chi connectivity index (χ0n) is 17.4. The summed E-state index contributed by atoms with van der Waals surface area (Å²) in [5, 5.41) is 0. The molecule has 0 N–H and O–H groups in total. The van der Waals surface area contributed by atoms with E-state index in [0.717, 1.165) is 14.7 Å². The van der Waals surface area contributed by atoms with Crippen LogP contribution in [0.25, 0.3) is 0 Å². The number of hydrogen-bond donors (Lipinski definition) is 0. The summed E-state index contributed by atoms with van der Waals surface area (Å²) in [5.41, 5.74) is 2.36. The van der Waals surface area contributed by atoms with Gasteiger partial charge in [0, 0.05) is 0 Å². The van der Waals surface area contributed by atoms with Crippen molar-refractivity contribution in [3.63, 3.8) is 0 Å². The highest BCUT2D eigenvalue weighted by atomic mass is 32.2. The first-order valence-corrected chi connectivity index (χ1v) is 10.1. The van der Waals surface area contributed by atoms with Crippen molar-refractivity contribution < 1.29 is 2.74 Å². The molecule has 0 amide bonds. The lowest BCUT2D eigenvalue weighted by atomic mass is 10.0. The van der Waals surface area contributed by atoms with Gasteiger partial charge in [0.05, 0.1) is 13.6 Å². The Morgan fingerprint density at radius 1 is 0.600 bits per heavy atom. The van der Waals surface area contributed by atoms with E-state index in [1.54, 1.807) is 0 Å². The van der Waals surface area contributed by atoms with E-state index in [4.69, 9.17) is 2.74 Å². The SMILES string of the molecule is [2H]c1cc(C(C)C)ccc1[S+](c1ccccc1)c1ccc(C(C)C)cc1[2H]. The summed E-state index contributed by atoms with van der Waals surface area (Å²) in [7, 11) is -0.456. The van der Waals surface area contributed by atoms with Crippen LogP contribution >= 0.6 is 0 Å². The molecule has 128 valence electrons. The fourth-order valence-corrected chi connectivity index (χ4v) is 4.68. The molecule has 0 spiro atoms. The molecule has 0 fully saturated rings. The van der Waals surface area contributed by atoms with Gasteiger partial charge in [-0.15, -0.1) is 0 Å². The molecule has 0 aromatic heterocycles. The van der Waals surface area contributed by atoms with Gasteiger partial charge in [0.25, 0.3) is 0 Å². The van der Waals surface area contributed by atoms with Gasteiger partial charge in [0.1, 0.15) is 0 Å². The molecule has 1 heteroatoms. The molecule has 0 aliphatic rings. The van der Waals surface area contributed by atoms with Crippen molar-refractivity contribution in [3.05, 3.63) is 89.9 Å². The van der Waals surface area contributed by atoms with Crippen LogP contribution in [0.4, 0.5) is 0 Å². The van der Waals surface area contributed by atoms with E-state index in [1.165, 1.54) is 11.1 Å².